The van der Waals surface area contributed by atoms with Gasteiger partial charge in [-0.2, -0.15) is 0 Å². The van der Waals surface area contributed by atoms with Gasteiger partial charge in [-0.3, -0.25) is 0 Å². The highest BCUT2D eigenvalue weighted by Crippen LogP contribution is 2.20. The second kappa shape index (κ2) is 6.56. The Balaban J connectivity index is 2.73. The summed E-state index contributed by atoms with van der Waals surface area (Å²) >= 11 is 0. The first-order chi connectivity index (χ1) is 8.85. The van der Waals surface area contributed by atoms with Gasteiger partial charge in [0.1, 0.15) is 17.9 Å². The van der Waals surface area contributed by atoms with Crippen LogP contribution in [0.25, 0.3) is 0 Å². The third-order valence-corrected chi connectivity index (χ3v) is 4.35. The van der Waals surface area contributed by atoms with E-state index in [-0.39, 0.29) is 29.4 Å². The van der Waals surface area contributed by atoms with E-state index < -0.39 is 15.8 Å². The summed E-state index contributed by atoms with van der Waals surface area (Å²) in [4.78, 5) is 11.0. The molecule has 0 saturated heterocycles. The molecule has 0 bridgehead atoms. The third kappa shape index (κ3) is 4.90. The topological polar surface area (TPSA) is 80.7 Å². The molecule has 0 saturated carbocycles. The molecule has 1 aromatic rings. The van der Waals surface area contributed by atoms with E-state index in [1.165, 1.54) is 6.07 Å². The predicted molar refractivity (Wildman–Crippen MR) is 72.6 cm³/mol. The lowest BCUT2D eigenvalue weighted by atomic mass is 10.1. The van der Waals surface area contributed by atoms with Crippen LogP contribution < -0.4 is 4.74 Å². The molecule has 0 unspecified atom stereocenters. The number of ether oxygens (including phenoxy) is 1. The third-order valence-electron chi connectivity index (χ3n) is 2.53. The first-order valence-electron chi connectivity index (χ1n) is 6.03. The minimum Gasteiger partial charge on any atom is -0.492 e. The number of rotatable bonds is 7. The number of carbonyl (C=O) groups is 1. The lowest BCUT2D eigenvalue weighted by Crippen LogP contribution is -2.17. The van der Waals surface area contributed by atoms with E-state index in [1.807, 2.05) is 6.92 Å². The number of carboxylic acids is 1. The molecule has 0 radical (unpaired) electrons. The molecule has 0 heterocycles. The molecule has 0 aliphatic heterocycles. The summed E-state index contributed by atoms with van der Waals surface area (Å²) in [6.45, 7) is 3.57. The van der Waals surface area contributed by atoms with Crippen LogP contribution in [-0.2, 0) is 9.84 Å². The van der Waals surface area contributed by atoms with Crippen molar-refractivity contribution in [2.24, 2.45) is 0 Å². The second-order valence-electron chi connectivity index (χ2n) is 4.31. The lowest BCUT2D eigenvalue weighted by molar-refractivity contribution is 0.0692. The number of hydrogen-bond donors (Lipinski definition) is 1. The highest BCUT2D eigenvalue weighted by molar-refractivity contribution is 7.91. The molecule has 6 heteroatoms. The lowest BCUT2D eigenvalue weighted by Gasteiger charge is -2.10. The molecule has 1 N–H and O–H groups in total. The number of sulfone groups is 1. The standard InChI is InChI=1S/C13H18O5S/c1-3-7-19(16,17)8-6-18-12-9-10(2)4-5-11(12)13(14)15/h4-5,9H,3,6-8H2,1-2H3,(H,14,15). The van der Waals surface area contributed by atoms with E-state index in [1.54, 1.807) is 19.1 Å². The normalized spacial score (nSPS) is 11.3. The van der Waals surface area contributed by atoms with E-state index in [9.17, 15) is 13.2 Å². The fourth-order valence-corrected chi connectivity index (χ4v) is 2.78. The predicted octanol–water partition coefficient (Wildman–Crippen LogP) is 1.90. The minimum absolute atomic E-state index is 0.0356. The van der Waals surface area contributed by atoms with Crippen molar-refractivity contribution in [2.75, 3.05) is 18.1 Å². The molecule has 0 aliphatic rings. The number of aromatic carboxylic acids is 1. The number of hydrogen-bond acceptors (Lipinski definition) is 4. The van der Waals surface area contributed by atoms with Crippen molar-refractivity contribution >= 4 is 15.8 Å². The van der Waals surface area contributed by atoms with E-state index >= 15 is 0 Å². The Labute approximate surface area is 113 Å². The molecule has 1 aromatic carbocycles. The van der Waals surface area contributed by atoms with Gasteiger partial charge in [-0.25, -0.2) is 13.2 Å². The first-order valence-corrected chi connectivity index (χ1v) is 7.85. The Hall–Kier alpha value is -1.56. The summed E-state index contributed by atoms with van der Waals surface area (Å²) in [5.41, 5.74) is 0.898. The van der Waals surface area contributed by atoms with Crippen LogP contribution >= 0.6 is 0 Å². The van der Waals surface area contributed by atoms with Gasteiger partial charge < -0.3 is 9.84 Å². The molecule has 106 valence electrons. The largest absolute Gasteiger partial charge is 0.492 e. The Morgan fingerprint density at radius 3 is 2.58 bits per heavy atom. The highest BCUT2D eigenvalue weighted by atomic mass is 32.2. The van der Waals surface area contributed by atoms with Crippen LogP contribution in [0.3, 0.4) is 0 Å². The monoisotopic (exact) mass is 286 g/mol. The molecular weight excluding hydrogens is 268 g/mol. The Morgan fingerprint density at radius 1 is 1.32 bits per heavy atom. The van der Waals surface area contributed by atoms with Crippen LogP contribution in [0.2, 0.25) is 0 Å². The van der Waals surface area contributed by atoms with Gasteiger partial charge in [-0.1, -0.05) is 13.0 Å². The van der Waals surface area contributed by atoms with Gasteiger partial charge in [0, 0.05) is 0 Å². The first kappa shape index (κ1) is 15.5. The van der Waals surface area contributed by atoms with Crippen molar-refractivity contribution in [2.45, 2.75) is 20.3 Å². The average Bonchev–Trinajstić information content (AvgIpc) is 2.28. The Bertz CT molecular complexity index is 548. The van der Waals surface area contributed by atoms with Crippen molar-refractivity contribution in [1.29, 1.82) is 0 Å². The summed E-state index contributed by atoms with van der Waals surface area (Å²) in [5, 5.41) is 9.00. The van der Waals surface area contributed by atoms with Gasteiger partial charge in [0.05, 0.1) is 11.5 Å². The number of aryl methyl sites for hydroxylation is 1. The van der Waals surface area contributed by atoms with Crippen LogP contribution in [-0.4, -0.2) is 37.6 Å². The molecule has 0 aliphatic carbocycles. The molecule has 0 atom stereocenters. The van der Waals surface area contributed by atoms with Crippen LogP contribution in [0, 0.1) is 6.92 Å². The van der Waals surface area contributed by atoms with Gasteiger partial charge in [0.25, 0.3) is 0 Å². The van der Waals surface area contributed by atoms with Gasteiger partial charge in [0.2, 0.25) is 0 Å². The zero-order valence-corrected chi connectivity index (χ0v) is 11.9. The zero-order chi connectivity index (χ0) is 14.5. The summed E-state index contributed by atoms with van der Waals surface area (Å²) in [7, 11) is -3.12. The summed E-state index contributed by atoms with van der Waals surface area (Å²) in [5.74, 6) is -0.866. The fourth-order valence-electron chi connectivity index (χ4n) is 1.62. The quantitative estimate of drug-likeness (QED) is 0.828. The Morgan fingerprint density at radius 2 is 2.00 bits per heavy atom. The van der Waals surface area contributed by atoms with Crippen LogP contribution in [0.4, 0.5) is 0 Å². The number of benzene rings is 1. The molecule has 0 amide bonds. The van der Waals surface area contributed by atoms with Gasteiger partial charge >= 0.3 is 5.97 Å². The van der Waals surface area contributed by atoms with E-state index in [2.05, 4.69) is 0 Å². The van der Waals surface area contributed by atoms with Crippen LogP contribution in [0.15, 0.2) is 18.2 Å². The zero-order valence-electron chi connectivity index (χ0n) is 11.0. The summed E-state index contributed by atoms with van der Waals surface area (Å²) < 4.78 is 28.3. The van der Waals surface area contributed by atoms with Crippen LogP contribution in [0.5, 0.6) is 5.75 Å². The molecule has 19 heavy (non-hydrogen) atoms. The molecule has 0 fully saturated rings. The van der Waals surface area contributed by atoms with Crippen molar-refractivity contribution in [3.8, 4) is 5.75 Å². The number of carboxylic acid groups (broad SMARTS) is 1. The Kier molecular flexibility index (Phi) is 5.35. The van der Waals surface area contributed by atoms with Crippen LogP contribution in [0.1, 0.15) is 29.3 Å². The maximum atomic E-state index is 11.5. The fraction of sp³-hybridized carbons (Fsp3) is 0.462. The summed E-state index contributed by atoms with van der Waals surface area (Å²) in [6, 6.07) is 4.72. The van der Waals surface area contributed by atoms with Gasteiger partial charge in [-0.05, 0) is 31.0 Å². The smallest absolute Gasteiger partial charge is 0.339 e. The van der Waals surface area contributed by atoms with Gasteiger partial charge in [-0.15, -0.1) is 0 Å². The SMILES string of the molecule is CCCS(=O)(=O)CCOc1cc(C)ccc1C(=O)O. The van der Waals surface area contributed by atoms with E-state index in [0.29, 0.717) is 6.42 Å². The average molecular weight is 286 g/mol. The van der Waals surface area contributed by atoms with E-state index in [4.69, 9.17) is 9.84 Å². The van der Waals surface area contributed by atoms with Crippen molar-refractivity contribution in [1.82, 2.24) is 0 Å². The van der Waals surface area contributed by atoms with Crippen molar-refractivity contribution in [3.05, 3.63) is 29.3 Å². The highest BCUT2D eigenvalue weighted by Gasteiger charge is 2.13. The van der Waals surface area contributed by atoms with Crippen molar-refractivity contribution in [3.63, 3.8) is 0 Å². The summed E-state index contributed by atoms with van der Waals surface area (Å²) in [6.07, 6.45) is 0.563. The molecule has 5 nitrogen and oxygen atoms in total. The van der Waals surface area contributed by atoms with Gasteiger partial charge in [0.15, 0.2) is 9.84 Å². The van der Waals surface area contributed by atoms with Crippen molar-refractivity contribution < 1.29 is 23.1 Å². The molecule has 0 spiro atoms. The molecule has 1 rings (SSSR count). The second-order valence-corrected chi connectivity index (χ2v) is 6.61. The maximum Gasteiger partial charge on any atom is 0.339 e. The van der Waals surface area contributed by atoms with E-state index in [0.717, 1.165) is 5.56 Å². The molecule has 0 aromatic heterocycles. The molecular formula is C13H18O5S. The maximum absolute atomic E-state index is 11.5. The minimum atomic E-state index is -3.12.